The first-order chi connectivity index (χ1) is 8.00. The highest BCUT2D eigenvalue weighted by Crippen LogP contribution is 2.30. The third-order valence-corrected chi connectivity index (χ3v) is 3.24. The topological polar surface area (TPSA) is 20.2 Å². The van der Waals surface area contributed by atoms with E-state index in [-0.39, 0.29) is 0 Å². The zero-order valence-electron chi connectivity index (χ0n) is 9.94. The lowest BCUT2D eigenvalue weighted by Gasteiger charge is -2.25. The van der Waals surface area contributed by atoms with Crippen LogP contribution in [-0.2, 0) is 5.60 Å². The van der Waals surface area contributed by atoms with Gasteiger partial charge in [-0.2, -0.15) is 0 Å². The molecule has 1 atom stereocenters. The maximum absolute atomic E-state index is 10.6. The maximum atomic E-state index is 10.6. The lowest BCUT2D eigenvalue weighted by Crippen LogP contribution is -2.22. The fourth-order valence-electron chi connectivity index (χ4n) is 1.89. The number of hydrogen-bond acceptors (Lipinski definition) is 1. The minimum atomic E-state index is -0.989. The number of hydrogen-bond donors (Lipinski definition) is 1. The summed E-state index contributed by atoms with van der Waals surface area (Å²) in [6.07, 6.45) is 0. The van der Waals surface area contributed by atoms with Gasteiger partial charge >= 0.3 is 0 Å². The van der Waals surface area contributed by atoms with E-state index in [1.807, 2.05) is 43.3 Å². The summed E-state index contributed by atoms with van der Waals surface area (Å²) in [4.78, 5) is 0. The predicted molar refractivity (Wildman–Crippen MR) is 71.3 cm³/mol. The third-order valence-electron chi connectivity index (χ3n) is 2.99. The molecule has 0 aromatic heterocycles. The van der Waals surface area contributed by atoms with Gasteiger partial charge in [-0.05, 0) is 37.1 Å². The summed E-state index contributed by atoms with van der Waals surface area (Å²) in [7, 11) is 0. The monoisotopic (exact) mass is 246 g/mol. The number of benzene rings is 2. The largest absolute Gasteiger partial charge is 0.381 e. The minimum Gasteiger partial charge on any atom is -0.381 e. The molecule has 0 heterocycles. The van der Waals surface area contributed by atoms with Crippen LogP contribution in [0.1, 0.15) is 23.6 Å². The van der Waals surface area contributed by atoms with Gasteiger partial charge in [0.15, 0.2) is 0 Å². The van der Waals surface area contributed by atoms with E-state index in [0.29, 0.717) is 5.02 Å². The van der Waals surface area contributed by atoms with Crippen LogP contribution in [0.2, 0.25) is 5.02 Å². The van der Waals surface area contributed by atoms with Crippen LogP contribution >= 0.6 is 11.6 Å². The summed E-state index contributed by atoms with van der Waals surface area (Å²) in [5.74, 6) is 0. The van der Waals surface area contributed by atoms with E-state index in [1.165, 1.54) is 0 Å². The van der Waals surface area contributed by atoms with Crippen molar-refractivity contribution >= 4 is 11.6 Å². The average Bonchev–Trinajstić information content (AvgIpc) is 2.29. The van der Waals surface area contributed by atoms with Crippen LogP contribution in [0.25, 0.3) is 0 Å². The second-order valence-electron chi connectivity index (χ2n) is 4.45. The summed E-state index contributed by atoms with van der Waals surface area (Å²) >= 11 is 5.85. The number of aliphatic hydroxyl groups is 1. The number of rotatable bonds is 2. The van der Waals surface area contributed by atoms with Crippen molar-refractivity contribution in [3.05, 3.63) is 70.2 Å². The van der Waals surface area contributed by atoms with Gasteiger partial charge in [0.2, 0.25) is 0 Å². The standard InChI is InChI=1S/C15H15ClO/c1-11-4-3-5-13(10-11)15(2,17)12-6-8-14(16)9-7-12/h3-10,17H,1-2H3. The average molecular weight is 247 g/mol. The van der Waals surface area contributed by atoms with Gasteiger partial charge in [-0.15, -0.1) is 0 Å². The lowest BCUT2D eigenvalue weighted by molar-refractivity contribution is 0.102. The molecule has 0 radical (unpaired) electrons. The third kappa shape index (κ3) is 2.51. The predicted octanol–water partition coefficient (Wildman–Crippen LogP) is 3.90. The normalized spacial score (nSPS) is 14.4. The second-order valence-corrected chi connectivity index (χ2v) is 4.89. The lowest BCUT2D eigenvalue weighted by atomic mass is 9.87. The molecule has 1 N–H and O–H groups in total. The van der Waals surface area contributed by atoms with Gasteiger partial charge in [-0.1, -0.05) is 53.6 Å². The van der Waals surface area contributed by atoms with E-state index < -0.39 is 5.60 Å². The zero-order valence-corrected chi connectivity index (χ0v) is 10.7. The highest BCUT2D eigenvalue weighted by Gasteiger charge is 2.25. The summed E-state index contributed by atoms with van der Waals surface area (Å²) in [5.41, 5.74) is 1.88. The molecule has 1 nitrogen and oxygen atoms in total. The van der Waals surface area contributed by atoms with Crippen molar-refractivity contribution in [1.82, 2.24) is 0 Å². The molecule has 0 bridgehead atoms. The summed E-state index contributed by atoms with van der Waals surface area (Å²) in [6.45, 7) is 3.81. The van der Waals surface area contributed by atoms with Crippen molar-refractivity contribution in [3.63, 3.8) is 0 Å². The van der Waals surface area contributed by atoms with Crippen molar-refractivity contribution in [3.8, 4) is 0 Å². The smallest absolute Gasteiger partial charge is 0.112 e. The van der Waals surface area contributed by atoms with Crippen LogP contribution in [0.4, 0.5) is 0 Å². The second kappa shape index (κ2) is 4.52. The van der Waals surface area contributed by atoms with E-state index in [0.717, 1.165) is 16.7 Å². The zero-order chi connectivity index (χ0) is 12.5. The first-order valence-electron chi connectivity index (χ1n) is 5.56. The van der Waals surface area contributed by atoms with E-state index in [9.17, 15) is 5.11 Å². The van der Waals surface area contributed by atoms with E-state index >= 15 is 0 Å². The first kappa shape index (κ1) is 12.2. The molecule has 2 rings (SSSR count). The van der Waals surface area contributed by atoms with E-state index in [1.54, 1.807) is 19.1 Å². The Balaban J connectivity index is 2.45. The molecule has 0 aliphatic rings. The molecule has 0 fully saturated rings. The van der Waals surface area contributed by atoms with Crippen molar-refractivity contribution in [2.45, 2.75) is 19.4 Å². The molecule has 1 unspecified atom stereocenters. The minimum absolute atomic E-state index is 0.675. The van der Waals surface area contributed by atoms with Gasteiger partial charge in [0.05, 0.1) is 0 Å². The summed E-state index contributed by atoms with van der Waals surface area (Å²) in [5, 5.41) is 11.3. The Morgan fingerprint density at radius 1 is 1.00 bits per heavy atom. The van der Waals surface area contributed by atoms with Crippen molar-refractivity contribution in [2.75, 3.05) is 0 Å². The van der Waals surface area contributed by atoms with Gasteiger partial charge in [0.1, 0.15) is 5.60 Å². The van der Waals surface area contributed by atoms with E-state index in [2.05, 4.69) is 0 Å². The van der Waals surface area contributed by atoms with Crippen LogP contribution in [0.5, 0.6) is 0 Å². The Kier molecular flexibility index (Phi) is 3.23. The molecule has 0 spiro atoms. The fraction of sp³-hybridized carbons (Fsp3) is 0.200. The van der Waals surface area contributed by atoms with Crippen molar-refractivity contribution in [2.24, 2.45) is 0 Å². The Morgan fingerprint density at radius 2 is 1.65 bits per heavy atom. The van der Waals surface area contributed by atoms with Crippen LogP contribution in [0.15, 0.2) is 48.5 Å². The Morgan fingerprint density at radius 3 is 2.24 bits per heavy atom. The van der Waals surface area contributed by atoms with Crippen LogP contribution < -0.4 is 0 Å². The Hall–Kier alpha value is -1.31. The molecule has 0 aliphatic carbocycles. The highest BCUT2D eigenvalue weighted by atomic mass is 35.5. The first-order valence-corrected chi connectivity index (χ1v) is 5.93. The van der Waals surface area contributed by atoms with Gasteiger partial charge in [0, 0.05) is 5.02 Å². The van der Waals surface area contributed by atoms with Crippen LogP contribution in [-0.4, -0.2) is 5.11 Å². The number of halogens is 1. The molecule has 2 aromatic carbocycles. The van der Waals surface area contributed by atoms with Crippen molar-refractivity contribution in [1.29, 1.82) is 0 Å². The highest BCUT2D eigenvalue weighted by molar-refractivity contribution is 6.30. The maximum Gasteiger partial charge on any atom is 0.112 e. The summed E-state index contributed by atoms with van der Waals surface area (Å²) < 4.78 is 0. The van der Waals surface area contributed by atoms with E-state index in [4.69, 9.17) is 11.6 Å². The number of aryl methyl sites for hydroxylation is 1. The molecule has 0 saturated heterocycles. The molecular formula is C15H15ClO. The SMILES string of the molecule is Cc1cccc(C(C)(O)c2ccc(Cl)cc2)c1. The molecular weight excluding hydrogens is 232 g/mol. The quantitative estimate of drug-likeness (QED) is 0.852. The molecule has 0 amide bonds. The van der Waals surface area contributed by atoms with Crippen LogP contribution in [0, 0.1) is 6.92 Å². The van der Waals surface area contributed by atoms with Gasteiger partial charge in [0.25, 0.3) is 0 Å². The molecule has 17 heavy (non-hydrogen) atoms. The van der Waals surface area contributed by atoms with Gasteiger partial charge < -0.3 is 5.11 Å². The van der Waals surface area contributed by atoms with Gasteiger partial charge in [-0.3, -0.25) is 0 Å². The van der Waals surface area contributed by atoms with Crippen LogP contribution in [0.3, 0.4) is 0 Å². The Bertz CT molecular complexity index is 515. The van der Waals surface area contributed by atoms with Gasteiger partial charge in [-0.25, -0.2) is 0 Å². The molecule has 0 saturated carbocycles. The Labute approximate surface area is 107 Å². The summed E-state index contributed by atoms with van der Waals surface area (Å²) in [6, 6.07) is 15.2. The molecule has 88 valence electrons. The molecule has 2 heteroatoms. The fourth-order valence-corrected chi connectivity index (χ4v) is 2.01. The molecule has 0 aliphatic heterocycles. The molecule has 2 aromatic rings. The van der Waals surface area contributed by atoms with Crippen molar-refractivity contribution < 1.29 is 5.11 Å².